The highest BCUT2D eigenvalue weighted by atomic mass is 16.2. The number of likely N-dealkylation sites (tertiary alicyclic amines) is 1. The number of aromatic nitrogens is 2. The summed E-state index contributed by atoms with van der Waals surface area (Å²) < 4.78 is 0. The maximum Gasteiger partial charge on any atom is 0.225 e. The first-order chi connectivity index (χ1) is 13.6. The molecule has 0 spiro atoms. The van der Waals surface area contributed by atoms with Crippen LogP contribution in [0.15, 0.2) is 48.5 Å². The fourth-order valence-electron chi connectivity index (χ4n) is 3.59. The van der Waals surface area contributed by atoms with Crippen molar-refractivity contribution in [3.8, 4) is 0 Å². The van der Waals surface area contributed by atoms with Gasteiger partial charge in [-0.05, 0) is 24.6 Å². The number of hydrogen-bond acceptors (Lipinski definition) is 3. The average Bonchev–Trinajstić information content (AvgIpc) is 3.27. The Kier molecular flexibility index (Phi) is 5.10. The second-order valence-electron chi connectivity index (χ2n) is 7.40. The minimum Gasteiger partial charge on any atom is -0.355 e. The fourth-order valence-corrected chi connectivity index (χ4v) is 3.59. The number of aryl methyl sites for hydroxylation is 1. The lowest BCUT2D eigenvalue weighted by Gasteiger charge is -2.16. The number of carbonyl (C=O) groups is 2. The fraction of sp³-hybridized carbons (Fsp3) is 0.318. The third kappa shape index (κ3) is 4.06. The quantitative estimate of drug-likeness (QED) is 0.694. The number of aromatic amines is 1. The van der Waals surface area contributed by atoms with Crippen molar-refractivity contribution in [2.75, 3.05) is 13.1 Å². The minimum absolute atomic E-state index is 0.0398. The molecule has 6 heteroatoms. The Bertz CT molecular complexity index is 960. The topological polar surface area (TPSA) is 78.1 Å². The molecule has 3 aromatic rings. The summed E-state index contributed by atoms with van der Waals surface area (Å²) in [6, 6.07) is 16.0. The van der Waals surface area contributed by atoms with E-state index < -0.39 is 0 Å². The summed E-state index contributed by atoms with van der Waals surface area (Å²) in [5.41, 5.74) is 4.21. The molecule has 1 aliphatic heterocycles. The van der Waals surface area contributed by atoms with E-state index in [2.05, 4.69) is 15.3 Å². The van der Waals surface area contributed by atoms with Gasteiger partial charge in [0.25, 0.3) is 0 Å². The summed E-state index contributed by atoms with van der Waals surface area (Å²) in [6.07, 6.45) is 0.913. The lowest BCUT2D eigenvalue weighted by Crippen LogP contribution is -2.34. The molecule has 28 heavy (non-hydrogen) atoms. The van der Waals surface area contributed by atoms with Gasteiger partial charge < -0.3 is 15.2 Å². The van der Waals surface area contributed by atoms with Crippen molar-refractivity contribution in [1.82, 2.24) is 20.2 Å². The highest BCUT2D eigenvalue weighted by Crippen LogP contribution is 2.20. The summed E-state index contributed by atoms with van der Waals surface area (Å²) in [6.45, 7) is 3.57. The van der Waals surface area contributed by atoms with Crippen molar-refractivity contribution >= 4 is 22.8 Å². The van der Waals surface area contributed by atoms with E-state index in [4.69, 9.17) is 0 Å². The van der Waals surface area contributed by atoms with E-state index in [1.807, 2.05) is 55.5 Å². The summed E-state index contributed by atoms with van der Waals surface area (Å²) in [7, 11) is 0. The van der Waals surface area contributed by atoms with Gasteiger partial charge in [-0.25, -0.2) is 4.98 Å². The first kappa shape index (κ1) is 18.2. The zero-order valence-electron chi connectivity index (χ0n) is 15.9. The van der Waals surface area contributed by atoms with Crippen molar-refractivity contribution in [1.29, 1.82) is 0 Å². The van der Waals surface area contributed by atoms with Crippen LogP contribution in [0.5, 0.6) is 0 Å². The van der Waals surface area contributed by atoms with E-state index in [1.54, 1.807) is 4.90 Å². The van der Waals surface area contributed by atoms with E-state index in [1.165, 1.54) is 5.56 Å². The average molecular weight is 376 g/mol. The number of amides is 2. The number of rotatable bonds is 6. The van der Waals surface area contributed by atoms with Crippen LogP contribution in [0.3, 0.4) is 0 Å². The molecule has 1 aromatic heterocycles. The third-order valence-corrected chi connectivity index (χ3v) is 5.18. The second kappa shape index (κ2) is 7.84. The summed E-state index contributed by atoms with van der Waals surface area (Å²) in [5, 5.41) is 2.95. The first-order valence-corrected chi connectivity index (χ1v) is 9.63. The third-order valence-electron chi connectivity index (χ3n) is 5.18. The molecule has 0 bridgehead atoms. The Balaban J connectivity index is 1.27. The predicted octanol–water partition coefficient (Wildman–Crippen LogP) is 2.58. The number of nitrogens with one attached hydrogen (secondary N) is 2. The van der Waals surface area contributed by atoms with Crippen LogP contribution in [-0.4, -0.2) is 39.8 Å². The smallest absolute Gasteiger partial charge is 0.225 e. The number of benzene rings is 2. The minimum atomic E-state index is -0.284. The standard InChI is InChI=1S/C22H24N4O2/c1-15-6-8-16(9-7-15)13-26-14-17(12-21(26)27)22(28)23-11-10-20-24-18-4-2-3-5-19(18)25-20/h2-9,17H,10-14H2,1H3,(H,23,28)(H,24,25). The number of para-hydroxylation sites is 2. The van der Waals surface area contributed by atoms with Crippen LogP contribution in [0.4, 0.5) is 0 Å². The largest absolute Gasteiger partial charge is 0.355 e. The highest BCUT2D eigenvalue weighted by Gasteiger charge is 2.34. The molecule has 2 N–H and O–H groups in total. The maximum atomic E-state index is 12.5. The van der Waals surface area contributed by atoms with E-state index in [0.717, 1.165) is 22.4 Å². The molecule has 1 aliphatic rings. The molecule has 0 radical (unpaired) electrons. The molecule has 6 nitrogen and oxygen atoms in total. The number of nitrogens with zero attached hydrogens (tertiary/aromatic N) is 2. The van der Waals surface area contributed by atoms with Gasteiger partial charge in [0.1, 0.15) is 5.82 Å². The first-order valence-electron chi connectivity index (χ1n) is 9.63. The van der Waals surface area contributed by atoms with Crippen molar-refractivity contribution in [3.05, 3.63) is 65.5 Å². The lowest BCUT2D eigenvalue weighted by molar-refractivity contribution is -0.129. The predicted molar refractivity (Wildman–Crippen MR) is 108 cm³/mol. The van der Waals surface area contributed by atoms with Crippen molar-refractivity contribution in [2.24, 2.45) is 5.92 Å². The Labute approximate surface area is 164 Å². The van der Waals surface area contributed by atoms with Crippen molar-refractivity contribution in [2.45, 2.75) is 26.3 Å². The van der Waals surface area contributed by atoms with Crippen LogP contribution >= 0.6 is 0 Å². The van der Waals surface area contributed by atoms with Gasteiger partial charge in [-0.15, -0.1) is 0 Å². The molecule has 144 valence electrons. The zero-order chi connectivity index (χ0) is 19.5. The molecular formula is C22H24N4O2. The van der Waals surface area contributed by atoms with Gasteiger partial charge in [0.05, 0.1) is 17.0 Å². The molecule has 0 aliphatic carbocycles. The molecule has 0 saturated carbocycles. The summed E-state index contributed by atoms with van der Waals surface area (Å²) in [5.74, 6) is 0.549. The highest BCUT2D eigenvalue weighted by molar-refractivity contribution is 5.89. The number of fused-ring (bicyclic) bond motifs is 1. The Morgan fingerprint density at radius 3 is 2.79 bits per heavy atom. The number of imidazole rings is 1. The maximum absolute atomic E-state index is 12.5. The Morgan fingerprint density at radius 1 is 1.21 bits per heavy atom. The zero-order valence-corrected chi connectivity index (χ0v) is 15.9. The van der Waals surface area contributed by atoms with Gasteiger partial charge in [-0.3, -0.25) is 9.59 Å². The Hall–Kier alpha value is -3.15. The van der Waals surface area contributed by atoms with Gasteiger partial charge >= 0.3 is 0 Å². The van der Waals surface area contributed by atoms with Gasteiger partial charge in [-0.2, -0.15) is 0 Å². The van der Waals surface area contributed by atoms with Gasteiger partial charge in [0, 0.05) is 32.5 Å². The Morgan fingerprint density at radius 2 is 2.00 bits per heavy atom. The van der Waals surface area contributed by atoms with Crippen LogP contribution in [0.2, 0.25) is 0 Å². The lowest BCUT2D eigenvalue weighted by atomic mass is 10.1. The monoisotopic (exact) mass is 376 g/mol. The molecule has 1 unspecified atom stereocenters. The van der Waals surface area contributed by atoms with Crippen molar-refractivity contribution in [3.63, 3.8) is 0 Å². The second-order valence-corrected chi connectivity index (χ2v) is 7.40. The van der Waals surface area contributed by atoms with E-state index in [0.29, 0.717) is 26.1 Å². The van der Waals surface area contributed by atoms with Crippen LogP contribution < -0.4 is 5.32 Å². The van der Waals surface area contributed by atoms with Gasteiger partial charge in [-0.1, -0.05) is 42.0 Å². The van der Waals surface area contributed by atoms with E-state index >= 15 is 0 Å². The summed E-state index contributed by atoms with van der Waals surface area (Å²) in [4.78, 5) is 34.3. The van der Waals surface area contributed by atoms with E-state index in [-0.39, 0.29) is 24.2 Å². The van der Waals surface area contributed by atoms with E-state index in [9.17, 15) is 9.59 Å². The SMILES string of the molecule is Cc1ccc(CN2CC(C(=O)NCCc3nc4ccccc4[nH]3)CC2=O)cc1. The number of H-pyrrole nitrogens is 1. The molecule has 1 saturated heterocycles. The van der Waals surface area contributed by atoms with Crippen molar-refractivity contribution < 1.29 is 9.59 Å². The molecule has 1 fully saturated rings. The van der Waals surface area contributed by atoms with Crippen LogP contribution in [0.1, 0.15) is 23.4 Å². The normalized spacial score (nSPS) is 16.7. The molecule has 2 amide bonds. The molecule has 2 aromatic carbocycles. The van der Waals surface area contributed by atoms with Crippen LogP contribution in [0, 0.1) is 12.8 Å². The number of hydrogen-bond donors (Lipinski definition) is 2. The summed E-state index contributed by atoms with van der Waals surface area (Å²) >= 11 is 0. The molecule has 2 heterocycles. The van der Waals surface area contributed by atoms with Gasteiger partial charge in [0.15, 0.2) is 0 Å². The van der Waals surface area contributed by atoms with Gasteiger partial charge in [0.2, 0.25) is 11.8 Å². The van der Waals surface area contributed by atoms with Crippen LogP contribution in [-0.2, 0) is 22.6 Å². The molecule has 4 rings (SSSR count). The molecule has 1 atom stereocenters. The number of carbonyl (C=O) groups excluding carboxylic acids is 2. The molecular weight excluding hydrogens is 352 g/mol. The van der Waals surface area contributed by atoms with Crippen LogP contribution in [0.25, 0.3) is 11.0 Å².